The van der Waals surface area contributed by atoms with Crippen LogP contribution < -0.4 is 11.1 Å². The number of ether oxygens (including phenoxy) is 1. The maximum absolute atomic E-state index is 15.0. The minimum absolute atomic E-state index is 0.137. The average molecular weight is 518 g/mol. The third-order valence-corrected chi connectivity index (χ3v) is 6.51. The number of nitrogens with zero attached hydrogens (tertiary/aromatic N) is 3. The van der Waals surface area contributed by atoms with Gasteiger partial charge in [-0.1, -0.05) is 5.16 Å². The number of rotatable bonds is 5. The van der Waals surface area contributed by atoms with Gasteiger partial charge in [-0.3, -0.25) is 0 Å². The fourth-order valence-corrected chi connectivity index (χ4v) is 4.55. The van der Waals surface area contributed by atoms with E-state index in [9.17, 15) is 22.4 Å². The Labute approximate surface area is 203 Å². The molecule has 0 radical (unpaired) electrons. The zero-order valence-electron chi connectivity index (χ0n) is 19.5. The Kier molecular flexibility index (Phi) is 8.70. The van der Waals surface area contributed by atoms with Crippen molar-refractivity contribution in [2.45, 2.75) is 57.9 Å². The van der Waals surface area contributed by atoms with Gasteiger partial charge in [-0.15, -0.1) is 0 Å². The van der Waals surface area contributed by atoms with Gasteiger partial charge < -0.3 is 30.4 Å². The zero-order valence-corrected chi connectivity index (χ0v) is 20.3. The highest BCUT2D eigenvalue weighted by molar-refractivity contribution is 7.73. The summed E-state index contributed by atoms with van der Waals surface area (Å²) >= 11 is 0. The lowest BCUT2D eigenvalue weighted by Crippen LogP contribution is -2.42. The van der Waals surface area contributed by atoms with Crippen molar-refractivity contribution in [2.75, 3.05) is 26.2 Å². The summed E-state index contributed by atoms with van der Waals surface area (Å²) in [5.74, 6) is -1.07. The van der Waals surface area contributed by atoms with Crippen molar-refractivity contribution in [3.63, 3.8) is 0 Å². The monoisotopic (exact) mass is 517 g/mol. The van der Waals surface area contributed by atoms with Gasteiger partial charge in [-0.2, -0.15) is 8.42 Å². The van der Waals surface area contributed by atoms with Crippen LogP contribution in [0.4, 0.5) is 18.4 Å². The second kappa shape index (κ2) is 11.5. The molecule has 14 heteroatoms. The number of carbonyl (C=O) groups excluding carboxylic acids is 2. The van der Waals surface area contributed by atoms with Crippen molar-refractivity contribution in [3.05, 3.63) is 23.3 Å². The molecule has 3 aliphatic rings. The lowest BCUT2D eigenvalue weighted by molar-refractivity contribution is 0.00391. The predicted octanol–water partition coefficient (Wildman–Crippen LogP) is 1.60. The van der Waals surface area contributed by atoms with Crippen LogP contribution in [-0.2, 0) is 19.9 Å². The third kappa shape index (κ3) is 6.71. The summed E-state index contributed by atoms with van der Waals surface area (Å²) in [6.45, 7) is 5.17. The molecule has 35 heavy (non-hydrogen) atoms. The molecule has 0 aromatic rings. The van der Waals surface area contributed by atoms with E-state index >= 15 is 4.39 Å². The molecular formula is C21H29F2N5O6S. The SMILES string of the molecule is CC(C)OC(=O)N1CCC(ON=C2CCN(C3=CC(F)C(=S(=O)=O)C(NC(N)=O)=C3F)CC2)CC1. The van der Waals surface area contributed by atoms with Crippen LogP contribution in [0.5, 0.6) is 0 Å². The number of amides is 3. The first-order valence-electron chi connectivity index (χ1n) is 11.3. The smallest absolute Gasteiger partial charge is 0.410 e. The van der Waals surface area contributed by atoms with Crippen molar-refractivity contribution < 1.29 is 36.4 Å². The Bertz CT molecular complexity index is 1060. The van der Waals surface area contributed by atoms with Gasteiger partial charge in [-0.05, 0) is 19.9 Å². The van der Waals surface area contributed by atoms with E-state index in [2.05, 4.69) is 5.16 Å². The van der Waals surface area contributed by atoms with E-state index in [0.717, 1.165) is 11.8 Å². The van der Waals surface area contributed by atoms with E-state index in [-0.39, 0.29) is 37.1 Å². The molecule has 0 spiro atoms. The molecule has 194 valence electrons. The van der Waals surface area contributed by atoms with E-state index in [1.165, 1.54) is 0 Å². The number of primary amides is 1. The zero-order chi connectivity index (χ0) is 25.7. The number of oxime groups is 1. The standard InChI is InChI=1S/C21H29F2N5O6S/c1-12(2)33-21(30)28-9-5-14(6-10-28)34-26-13-3-7-27(8-4-13)16-11-15(22)19(35(31)32)18(17(16)23)25-20(24)29/h11-12,14-15H,3-10H2,1-2H3,(H3,24,25,29). The maximum Gasteiger partial charge on any atom is 0.410 e. The number of urea groups is 1. The van der Waals surface area contributed by atoms with E-state index in [0.29, 0.717) is 38.8 Å². The topological polar surface area (TPSA) is 144 Å². The number of alkyl halides is 1. The highest BCUT2D eigenvalue weighted by Gasteiger charge is 2.34. The number of carbonyl (C=O) groups is 2. The first-order chi connectivity index (χ1) is 16.6. The molecule has 0 saturated carbocycles. The number of allylic oxidation sites excluding steroid dienone is 3. The highest BCUT2D eigenvalue weighted by atomic mass is 32.2. The molecule has 0 bridgehead atoms. The normalized spacial score (nSPS) is 21.6. The van der Waals surface area contributed by atoms with Crippen LogP contribution in [0.25, 0.3) is 0 Å². The van der Waals surface area contributed by atoms with Crippen LogP contribution in [0, 0.1) is 0 Å². The van der Waals surface area contributed by atoms with E-state index in [1.807, 2.05) is 5.32 Å². The first-order valence-corrected chi connectivity index (χ1v) is 12.3. The number of nitrogens with one attached hydrogen (secondary N) is 1. The predicted molar refractivity (Wildman–Crippen MR) is 123 cm³/mol. The Morgan fingerprint density at radius 1 is 1.20 bits per heavy atom. The van der Waals surface area contributed by atoms with Crippen molar-refractivity contribution >= 4 is 33.0 Å². The molecule has 2 heterocycles. The lowest BCUT2D eigenvalue weighted by atomic mass is 10.0. The quantitative estimate of drug-likeness (QED) is 0.416. The molecule has 2 saturated heterocycles. The molecule has 0 aromatic carbocycles. The number of piperidine rings is 2. The second-order valence-electron chi connectivity index (χ2n) is 8.60. The second-order valence-corrected chi connectivity index (χ2v) is 9.51. The molecule has 3 amide bonds. The molecule has 2 aliphatic heterocycles. The Hall–Kier alpha value is -3.16. The summed E-state index contributed by atoms with van der Waals surface area (Å²) in [6.07, 6.45) is 0.148. The maximum atomic E-state index is 15.0. The van der Waals surface area contributed by atoms with Crippen LogP contribution in [0.2, 0.25) is 0 Å². The minimum Gasteiger partial charge on any atom is -0.447 e. The molecule has 3 N–H and O–H groups in total. The van der Waals surface area contributed by atoms with Gasteiger partial charge in [0.25, 0.3) is 0 Å². The summed E-state index contributed by atoms with van der Waals surface area (Å²) in [4.78, 5) is 31.1. The lowest BCUT2D eigenvalue weighted by Gasteiger charge is -2.34. The summed E-state index contributed by atoms with van der Waals surface area (Å²) in [5, 5.41) is 6.10. The Morgan fingerprint density at radius 2 is 1.83 bits per heavy atom. The molecule has 1 unspecified atom stereocenters. The van der Waals surface area contributed by atoms with Gasteiger partial charge in [0.2, 0.25) is 10.3 Å². The molecule has 11 nitrogen and oxygen atoms in total. The van der Waals surface area contributed by atoms with Gasteiger partial charge in [0.15, 0.2) is 12.0 Å². The number of hydrogen-bond acceptors (Lipinski definition) is 8. The largest absolute Gasteiger partial charge is 0.447 e. The summed E-state index contributed by atoms with van der Waals surface area (Å²) in [7, 11) is -3.09. The van der Waals surface area contributed by atoms with Crippen LogP contribution in [0.15, 0.2) is 28.5 Å². The van der Waals surface area contributed by atoms with E-state index in [4.69, 9.17) is 15.3 Å². The van der Waals surface area contributed by atoms with E-state index < -0.39 is 38.9 Å². The summed E-state index contributed by atoms with van der Waals surface area (Å²) in [5.41, 5.74) is 4.80. The van der Waals surface area contributed by atoms with Gasteiger partial charge in [0.1, 0.15) is 16.7 Å². The number of nitrogens with two attached hydrogens (primary N) is 1. The van der Waals surface area contributed by atoms with E-state index in [1.54, 1.807) is 23.6 Å². The van der Waals surface area contributed by atoms with Crippen LogP contribution in [0.1, 0.15) is 39.5 Å². The van der Waals surface area contributed by atoms with Crippen LogP contribution >= 0.6 is 0 Å². The van der Waals surface area contributed by atoms with Crippen molar-refractivity contribution in [1.29, 1.82) is 0 Å². The minimum atomic E-state index is -3.09. The molecule has 1 aliphatic carbocycles. The van der Waals surface area contributed by atoms with Gasteiger partial charge >= 0.3 is 12.1 Å². The van der Waals surface area contributed by atoms with Gasteiger partial charge in [-0.25, -0.2) is 18.4 Å². The molecule has 1 atom stereocenters. The van der Waals surface area contributed by atoms with Crippen molar-refractivity contribution in [1.82, 2.24) is 15.1 Å². The Morgan fingerprint density at radius 3 is 2.37 bits per heavy atom. The number of hydrogen-bond donors (Lipinski definition) is 2. The summed E-state index contributed by atoms with van der Waals surface area (Å²) in [6, 6.07) is -1.21. The first kappa shape index (κ1) is 26.4. The van der Waals surface area contributed by atoms with Crippen LogP contribution in [0.3, 0.4) is 0 Å². The third-order valence-electron chi connectivity index (χ3n) is 5.72. The molecule has 3 rings (SSSR count). The van der Waals surface area contributed by atoms with Crippen molar-refractivity contribution in [2.24, 2.45) is 10.9 Å². The van der Waals surface area contributed by atoms with Crippen LogP contribution in [-0.4, -0.2) is 85.5 Å². The Balaban J connectivity index is 1.56. The molecule has 0 aromatic heterocycles. The molecule has 2 fully saturated rings. The fourth-order valence-electron chi connectivity index (χ4n) is 3.99. The fraction of sp³-hybridized carbons (Fsp3) is 0.619. The molecular weight excluding hydrogens is 488 g/mol. The van der Waals surface area contributed by atoms with Crippen molar-refractivity contribution in [3.8, 4) is 0 Å². The van der Waals surface area contributed by atoms with Gasteiger partial charge in [0, 0.05) is 51.9 Å². The summed E-state index contributed by atoms with van der Waals surface area (Å²) < 4.78 is 57.5. The number of likely N-dealkylation sites (tertiary alicyclic amines) is 2. The van der Waals surface area contributed by atoms with Gasteiger partial charge in [0.05, 0.1) is 17.5 Å². The number of halogens is 2. The highest BCUT2D eigenvalue weighted by Crippen LogP contribution is 2.29. The average Bonchev–Trinajstić information content (AvgIpc) is 2.79.